The number of nitriles is 1. The van der Waals surface area contributed by atoms with Gasteiger partial charge in [0.15, 0.2) is 0 Å². The zero-order chi connectivity index (χ0) is 11.4. The summed E-state index contributed by atoms with van der Waals surface area (Å²) in [6.07, 6.45) is 1.65. The molecule has 0 atom stereocenters. The van der Waals surface area contributed by atoms with Crippen LogP contribution in [0, 0.1) is 14.9 Å². The fourth-order valence-electron chi connectivity index (χ4n) is 1.25. The molecule has 0 amide bonds. The quantitative estimate of drug-likeness (QED) is 0.864. The van der Waals surface area contributed by atoms with Crippen LogP contribution in [0.25, 0.3) is 0 Å². The lowest BCUT2D eigenvalue weighted by Crippen LogP contribution is -1.93. The number of rotatable bonds is 2. The van der Waals surface area contributed by atoms with Gasteiger partial charge in [-0.2, -0.15) is 5.26 Å². The Morgan fingerprint density at radius 1 is 1.19 bits per heavy atom. The summed E-state index contributed by atoms with van der Waals surface area (Å²) in [5.74, 6) is 0. The van der Waals surface area contributed by atoms with E-state index in [1.54, 1.807) is 12.3 Å². The summed E-state index contributed by atoms with van der Waals surface area (Å²) in [6, 6.07) is 13.5. The van der Waals surface area contributed by atoms with Gasteiger partial charge in [0, 0.05) is 3.57 Å². The number of nitrogens with one attached hydrogen (secondary N) is 1. The van der Waals surface area contributed by atoms with E-state index < -0.39 is 0 Å². The lowest BCUT2D eigenvalue weighted by atomic mass is 10.3. The minimum atomic E-state index is 0.424. The Balaban J connectivity index is 2.22. The van der Waals surface area contributed by atoms with Gasteiger partial charge < -0.3 is 5.32 Å². The number of hydrogen-bond donors (Lipinski definition) is 1. The molecule has 2 aromatic rings. The fraction of sp³-hybridized carbons (Fsp3) is 0. The van der Waals surface area contributed by atoms with Crippen LogP contribution >= 0.6 is 22.6 Å². The molecule has 0 bridgehead atoms. The van der Waals surface area contributed by atoms with Gasteiger partial charge in [-0.05, 0) is 46.9 Å². The van der Waals surface area contributed by atoms with Gasteiger partial charge >= 0.3 is 0 Å². The van der Waals surface area contributed by atoms with Crippen LogP contribution in [0.15, 0.2) is 42.6 Å². The molecule has 0 saturated heterocycles. The van der Waals surface area contributed by atoms with E-state index in [0.717, 1.165) is 14.9 Å². The molecule has 0 unspecified atom stereocenters. The number of pyridine rings is 1. The van der Waals surface area contributed by atoms with Gasteiger partial charge in [0.25, 0.3) is 0 Å². The summed E-state index contributed by atoms with van der Waals surface area (Å²) >= 11 is 2.27. The first-order valence-electron chi connectivity index (χ1n) is 4.67. The molecule has 0 radical (unpaired) electrons. The van der Waals surface area contributed by atoms with Crippen LogP contribution in [0.1, 0.15) is 5.69 Å². The van der Waals surface area contributed by atoms with Crippen molar-refractivity contribution in [3.63, 3.8) is 0 Å². The normalized spacial score (nSPS) is 9.50. The van der Waals surface area contributed by atoms with E-state index in [1.165, 1.54) is 0 Å². The maximum Gasteiger partial charge on any atom is 0.140 e. The van der Waals surface area contributed by atoms with Crippen molar-refractivity contribution in [1.29, 1.82) is 5.26 Å². The molecule has 1 aromatic heterocycles. The van der Waals surface area contributed by atoms with Gasteiger partial charge in [-0.25, -0.2) is 4.98 Å². The van der Waals surface area contributed by atoms with Crippen LogP contribution < -0.4 is 5.32 Å². The van der Waals surface area contributed by atoms with Gasteiger partial charge in [-0.3, -0.25) is 0 Å². The van der Waals surface area contributed by atoms with E-state index in [0.29, 0.717) is 5.69 Å². The minimum absolute atomic E-state index is 0.424. The van der Waals surface area contributed by atoms with Crippen molar-refractivity contribution in [3.8, 4) is 6.07 Å². The molecule has 1 heterocycles. The van der Waals surface area contributed by atoms with Crippen molar-refractivity contribution >= 4 is 34.0 Å². The number of anilines is 2. The lowest BCUT2D eigenvalue weighted by molar-refractivity contribution is 1.26. The Morgan fingerprint density at radius 3 is 2.62 bits per heavy atom. The molecule has 4 heteroatoms. The standard InChI is InChI=1S/C12H8IN3/c13-11-3-1-2-4-12(11)16-10-6-5-9(7-14)15-8-10/h1-6,8,16H. The van der Waals surface area contributed by atoms with Crippen LogP contribution in [0.2, 0.25) is 0 Å². The van der Waals surface area contributed by atoms with E-state index in [9.17, 15) is 0 Å². The van der Waals surface area contributed by atoms with Crippen molar-refractivity contribution < 1.29 is 0 Å². The molecule has 2 rings (SSSR count). The van der Waals surface area contributed by atoms with Gasteiger partial charge in [-0.15, -0.1) is 0 Å². The first-order chi connectivity index (χ1) is 7.79. The van der Waals surface area contributed by atoms with Crippen molar-refractivity contribution in [3.05, 3.63) is 51.9 Å². The predicted molar refractivity (Wildman–Crippen MR) is 71.4 cm³/mol. The van der Waals surface area contributed by atoms with E-state index in [2.05, 4.69) is 32.9 Å². The maximum atomic E-state index is 8.63. The Hall–Kier alpha value is -1.61. The molecule has 0 spiro atoms. The van der Waals surface area contributed by atoms with E-state index >= 15 is 0 Å². The van der Waals surface area contributed by atoms with Crippen LogP contribution in [-0.4, -0.2) is 4.98 Å². The first-order valence-corrected chi connectivity index (χ1v) is 5.75. The molecule has 16 heavy (non-hydrogen) atoms. The summed E-state index contributed by atoms with van der Waals surface area (Å²) in [5, 5.41) is 11.9. The highest BCUT2D eigenvalue weighted by Gasteiger charge is 1.99. The second kappa shape index (κ2) is 4.94. The largest absolute Gasteiger partial charge is 0.353 e. The Labute approximate surface area is 107 Å². The van der Waals surface area contributed by atoms with Crippen molar-refractivity contribution in [1.82, 2.24) is 4.98 Å². The third-order valence-electron chi connectivity index (χ3n) is 2.03. The summed E-state index contributed by atoms with van der Waals surface area (Å²) in [4.78, 5) is 4.00. The van der Waals surface area contributed by atoms with Gasteiger partial charge in [-0.1, -0.05) is 12.1 Å². The van der Waals surface area contributed by atoms with Crippen molar-refractivity contribution in [2.75, 3.05) is 5.32 Å². The first kappa shape index (κ1) is 10.9. The van der Waals surface area contributed by atoms with Crippen LogP contribution in [-0.2, 0) is 0 Å². The minimum Gasteiger partial charge on any atom is -0.353 e. The molecule has 0 aliphatic heterocycles. The highest BCUT2D eigenvalue weighted by molar-refractivity contribution is 14.1. The SMILES string of the molecule is N#Cc1ccc(Nc2ccccc2I)cn1. The number of halogens is 1. The number of hydrogen-bond acceptors (Lipinski definition) is 3. The third-order valence-corrected chi connectivity index (χ3v) is 2.97. The number of aromatic nitrogens is 1. The molecule has 0 fully saturated rings. The molecule has 1 N–H and O–H groups in total. The lowest BCUT2D eigenvalue weighted by Gasteiger charge is -2.07. The highest BCUT2D eigenvalue weighted by Crippen LogP contribution is 2.21. The molecule has 1 aromatic carbocycles. The highest BCUT2D eigenvalue weighted by atomic mass is 127. The topological polar surface area (TPSA) is 48.7 Å². The Bertz CT molecular complexity index is 529. The van der Waals surface area contributed by atoms with Crippen LogP contribution in [0.4, 0.5) is 11.4 Å². The summed E-state index contributed by atoms with van der Waals surface area (Å²) in [5.41, 5.74) is 2.34. The molecular weight excluding hydrogens is 313 g/mol. The van der Waals surface area contributed by atoms with E-state index in [-0.39, 0.29) is 0 Å². The molecule has 0 aliphatic rings. The zero-order valence-electron chi connectivity index (χ0n) is 8.31. The number of para-hydroxylation sites is 1. The monoisotopic (exact) mass is 321 g/mol. The molecule has 78 valence electrons. The van der Waals surface area contributed by atoms with E-state index in [1.807, 2.05) is 36.4 Å². The van der Waals surface area contributed by atoms with E-state index in [4.69, 9.17) is 5.26 Å². The smallest absolute Gasteiger partial charge is 0.140 e. The van der Waals surface area contributed by atoms with Crippen LogP contribution in [0.5, 0.6) is 0 Å². The number of nitrogens with zero attached hydrogens (tertiary/aromatic N) is 2. The Kier molecular flexibility index (Phi) is 3.37. The second-order valence-corrected chi connectivity index (χ2v) is 4.31. The average molecular weight is 321 g/mol. The average Bonchev–Trinajstić information content (AvgIpc) is 2.33. The summed E-state index contributed by atoms with van der Waals surface area (Å²) in [7, 11) is 0. The van der Waals surface area contributed by atoms with Crippen molar-refractivity contribution in [2.45, 2.75) is 0 Å². The zero-order valence-corrected chi connectivity index (χ0v) is 10.5. The van der Waals surface area contributed by atoms with Crippen LogP contribution in [0.3, 0.4) is 0 Å². The number of benzene rings is 1. The van der Waals surface area contributed by atoms with Gasteiger partial charge in [0.05, 0.1) is 17.6 Å². The fourth-order valence-corrected chi connectivity index (χ4v) is 1.77. The third kappa shape index (κ3) is 2.49. The van der Waals surface area contributed by atoms with Gasteiger partial charge in [0.2, 0.25) is 0 Å². The Morgan fingerprint density at radius 2 is 2.00 bits per heavy atom. The predicted octanol–water partition coefficient (Wildman–Crippen LogP) is 3.30. The molecular formula is C12H8IN3. The molecule has 0 saturated carbocycles. The molecule has 0 aliphatic carbocycles. The summed E-state index contributed by atoms with van der Waals surface area (Å²) < 4.78 is 1.14. The second-order valence-electron chi connectivity index (χ2n) is 3.15. The van der Waals surface area contributed by atoms with Crippen molar-refractivity contribution in [2.24, 2.45) is 0 Å². The molecule has 3 nitrogen and oxygen atoms in total. The van der Waals surface area contributed by atoms with Gasteiger partial charge in [0.1, 0.15) is 11.8 Å². The summed E-state index contributed by atoms with van der Waals surface area (Å²) in [6.45, 7) is 0. The maximum absolute atomic E-state index is 8.63.